The molecule has 6 nitrogen and oxygen atoms in total. The number of aromatic nitrogens is 2. The average molecular weight is 267 g/mol. The van der Waals surface area contributed by atoms with Crippen LogP contribution >= 0.6 is 0 Å². The summed E-state index contributed by atoms with van der Waals surface area (Å²) in [6.45, 7) is 4.68. The Hall–Kier alpha value is -1.69. The van der Waals surface area contributed by atoms with Crippen molar-refractivity contribution in [3.05, 3.63) is 18.1 Å². The maximum absolute atomic E-state index is 11.4. The summed E-state index contributed by atoms with van der Waals surface area (Å²) in [5, 5.41) is 9.19. The number of aliphatic hydroxyl groups excluding tert-OH is 1. The Bertz CT molecular complexity index is 408. The molecule has 1 aromatic rings. The number of methoxy groups -OCH3 is 1. The first-order chi connectivity index (χ1) is 9.17. The number of rotatable bonds is 7. The van der Waals surface area contributed by atoms with E-state index < -0.39 is 5.97 Å². The fourth-order valence-corrected chi connectivity index (χ4v) is 2.02. The first-order valence-electron chi connectivity index (χ1n) is 6.46. The Morgan fingerprint density at radius 3 is 2.68 bits per heavy atom. The van der Waals surface area contributed by atoms with E-state index in [2.05, 4.69) is 28.6 Å². The molecule has 1 rings (SSSR count). The lowest BCUT2D eigenvalue weighted by Crippen LogP contribution is -2.37. The minimum Gasteiger partial charge on any atom is -0.463 e. The van der Waals surface area contributed by atoms with E-state index in [1.807, 2.05) is 4.90 Å². The van der Waals surface area contributed by atoms with E-state index in [0.717, 1.165) is 12.8 Å². The fraction of sp³-hybridized carbons (Fsp3) is 0.615. The van der Waals surface area contributed by atoms with Gasteiger partial charge in [-0.25, -0.2) is 14.8 Å². The highest BCUT2D eigenvalue weighted by Gasteiger charge is 2.18. The van der Waals surface area contributed by atoms with Crippen molar-refractivity contribution in [2.24, 2.45) is 0 Å². The Balaban J connectivity index is 3.05. The minimum absolute atomic E-state index is 0.0358. The zero-order valence-corrected chi connectivity index (χ0v) is 11.7. The maximum Gasteiger partial charge on any atom is 0.376 e. The van der Waals surface area contributed by atoms with Gasteiger partial charge in [-0.1, -0.05) is 13.8 Å². The summed E-state index contributed by atoms with van der Waals surface area (Å²) in [6.07, 6.45) is 3.41. The highest BCUT2D eigenvalue weighted by molar-refractivity contribution is 5.85. The van der Waals surface area contributed by atoms with Crippen LogP contribution in [0.5, 0.6) is 0 Å². The van der Waals surface area contributed by atoms with Crippen LogP contribution in [0, 0.1) is 0 Å². The van der Waals surface area contributed by atoms with Crippen LogP contribution in [-0.4, -0.2) is 47.3 Å². The lowest BCUT2D eigenvalue weighted by atomic mass is 10.1. The topological polar surface area (TPSA) is 75.5 Å². The van der Waals surface area contributed by atoms with Gasteiger partial charge in [-0.3, -0.25) is 0 Å². The molecule has 1 aromatic heterocycles. The number of esters is 1. The summed E-state index contributed by atoms with van der Waals surface area (Å²) in [7, 11) is 1.30. The van der Waals surface area contributed by atoms with Crippen LogP contribution in [0.2, 0.25) is 0 Å². The van der Waals surface area contributed by atoms with Gasteiger partial charge < -0.3 is 14.7 Å². The van der Waals surface area contributed by atoms with Crippen molar-refractivity contribution >= 4 is 11.8 Å². The third-order valence-electron chi connectivity index (χ3n) is 3.03. The standard InChI is InChI=1S/C13H21N3O3/c1-4-10(5-2)16(8-9-17)11-6-7-14-12(15-11)13(18)19-3/h6-7,10,17H,4-5,8-9H2,1-3H3. The monoisotopic (exact) mass is 267 g/mol. The smallest absolute Gasteiger partial charge is 0.376 e. The van der Waals surface area contributed by atoms with Gasteiger partial charge in [0.2, 0.25) is 5.82 Å². The quantitative estimate of drug-likeness (QED) is 0.749. The SMILES string of the molecule is CCC(CC)N(CCO)c1ccnc(C(=O)OC)n1. The molecule has 106 valence electrons. The Kier molecular flexibility index (Phi) is 6.21. The Labute approximate surface area is 113 Å². The second-order valence-corrected chi connectivity index (χ2v) is 4.12. The van der Waals surface area contributed by atoms with Crippen LogP contribution in [0.1, 0.15) is 37.3 Å². The second kappa shape index (κ2) is 7.68. The van der Waals surface area contributed by atoms with Crippen LogP contribution in [0.15, 0.2) is 12.3 Å². The van der Waals surface area contributed by atoms with Gasteiger partial charge in [0.1, 0.15) is 5.82 Å². The largest absolute Gasteiger partial charge is 0.463 e. The molecular formula is C13H21N3O3. The van der Waals surface area contributed by atoms with E-state index in [0.29, 0.717) is 12.4 Å². The summed E-state index contributed by atoms with van der Waals surface area (Å²) in [5.74, 6) is 0.113. The van der Waals surface area contributed by atoms with E-state index >= 15 is 0 Å². The number of nitrogens with zero attached hydrogens (tertiary/aromatic N) is 3. The van der Waals surface area contributed by atoms with Crippen LogP contribution < -0.4 is 4.90 Å². The average Bonchev–Trinajstić information content (AvgIpc) is 2.46. The van der Waals surface area contributed by atoms with Gasteiger partial charge in [-0.2, -0.15) is 0 Å². The number of anilines is 1. The Morgan fingerprint density at radius 1 is 1.47 bits per heavy atom. The molecule has 0 saturated carbocycles. The normalized spacial score (nSPS) is 10.6. The summed E-state index contributed by atoms with van der Waals surface area (Å²) in [6, 6.07) is 2.01. The number of ether oxygens (including phenoxy) is 1. The lowest BCUT2D eigenvalue weighted by Gasteiger charge is -2.31. The number of aliphatic hydroxyl groups is 1. The molecule has 0 aliphatic rings. The number of hydrogen-bond donors (Lipinski definition) is 1. The van der Waals surface area contributed by atoms with Gasteiger partial charge in [-0.05, 0) is 18.9 Å². The minimum atomic E-state index is -0.560. The summed E-state index contributed by atoms with van der Waals surface area (Å²) in [5.41, 5.74) is 0. The predicted octanol–water partition coefficient (Wildman–Crippen LogP) is 1.25. The predicted molar refractivity (Wildman–Crippen MR) is 72.2 cm³/mol. The van der Waals surface area contributed by atoms with Gasteiger partial charge in [-0.15, -0.1) is 0 Å². The van der Waals surface area contributed by atoms with Crippen molar-refractivity contribution in [1.82, 2.24) is 9.97 Å². The van der Waals surface area contributed by atoms with Crippen LogP contribution in [-0.2, 0) is 4.74 Å². The number of hydrogen-bond acceptors (Lipinski definition) is 6. The summed E-state index contributed by atoms with van der Waals surface area (Å²) < 4.78 is 4.61. The summed E-state index contributed by atoms with van der Waals surface area (Å²) >= 11 is 0. The fourth-order valence-electron chi connectivity index (χ4n) is 2.02. The third kappa shape index (κ3) is 3.89. The molecule has 0 aliphatic carbocycles. The molecule has 6 heteroatoms. The molecule has 0 aromatic carbocycles. The molecule has 0 aliphatic heterocycles. The van der Waals surface area contributed by atoms with E-state index in [1.165, 1.54) is 13.3 Å². The molecule has 0 unspecified atom stereocenters. The molecule has 0 bridgehead atoms. The Morgan fingerprint density at radius 2 is 2.16 bits per heavy atom. The number of carbonyl (C=O) groups is 1. The van der Waals surface area contributed by atoms with Gasteiger partial charge in [0.25, 0.3) is 0 Å². The van der Waals surface area contributed by atoms with Crippen LogP contribution in [0.25, 0.3) is 0 Å². The van der Waals surface area contributed by atoms with Crippen molar-refractivity contribution in [3.63, 3.8) is 0 Å². The molecule has 19 heavy (non-hydrogen) atoms. The molecule has 0 spiro atoms. The van der Waals surface area contributed by atoms with Crippen molar-refractivity contribution in [2.45, 2.75) is 32.7 Å². The third-order valence-corrected chi connectivity index (χ3v) is 3.03. The molecule has 0 atom stereocenters. The van der Waals surface area contributed by atoms with E-state index in [-0.39, 0.29) is 18.5 Å². The first kappa shape index (κ1) is 15.4. The zero-order chi connectivity index (χ0) is 14.3. The number of carbonyl (C=O) groups excluding carboxylic acids is 1. The van der Waals surface area contributed by atoms with E-state index in [4.69, 9.17) is 0 Å². The molecule has 0 amide bonds. The highest BCUT2D eigenvalue weighted by atomic mass is 16.5. The van der Waals surface area contributed by atoms with Gasteiger partial charge in [0.05, 0.1) is 13.7 Å². The molecule has 0 saturated heterocycles. The first-order valence-corrected chi connectivity index (χ1v) is 6.46. The lowest BCUT2D eigenvalue weighted by molar-refractivity contribution is 0.0586. The molecule has 0 fully saturated rings. The van der Waals surface area contributed by atoms with Gasteiger partial charge in [0, 0.05) is 18.8 Å². The van der Waals surface area contributed by atoms with Crippen LogP contribution in [0.4, 0.5) is 5.82 Å². The van der Waals surface area contributed by atoms with E-state index in [1.54, 1.807) is 6.07 Å². The zero-order valence-electron chi connectivity index (χ0n) is 11.7. The molecule has 1 N–H and O–H groups in total. The van der Waals surface area contributed by atoms with Crippen molar-refractivity contribution in [2.75, 3.05) is 25.2 Å². The van der Waals surface area contributed by atoms with Crippen LogP contribution in [0.3, 0.4) is 0 Å². The maximum atomic E-state index is 11.4. The van der Waals surface area contributed by atoms with E-state index in [9.17, 15) is 9.90 Å². The molecule has 1 heterocycles. The molecular weight excluding hydrogens is 246 g/mol. The molecule has 0 radical (unpaired) electrons. The van der Waals surface area contributed by atoms with Gasteiger partial charge in [0.15, 0.2) is 0 Å². The van der Waals surface area contributed by atoms with Crippen molar-refractivity contribution in [3.8, 4) is 0 Å². The van der Waals surface area contributed by atoms with Crippen molar-refractivity contribution < 1.29 is 14.6 Å². The second-order valence-electron chi connectivity index (χ2n) is 4.12. The van der Waals surface area contributed by atoms with Crippen molar-refractivity contribution in [1.29, 1.82) is 0 Å². The van der Waals surface area contributed by atoms with Gasteiger partial charge >= 0.3 is 5.97 Å². The highest BCUT2D eigenvalue weighted by Crippen LogP contribution is 2.17. The summed E-state index contributed by atoms with van der Waals surface area (Å²) in [4.78, 5) is 21.5.